The van der Waals surface area contributed by atoms with Crippen LogP contribution in [-0.2, 0) is 28.7 Å². The Morgan fingerprint density at radius 1 is 1.10 bits per heavy atom. The number of hydrogen-bond acceptors (Lipinski definition) is 3. The fraction of sp³-hybridized carbons (Fsp3) is 0.647. The molecule has 2 atom stereocenters. The first-order valence-electron chi connectivity index (χ1n) is 7.73. The van der Waals surface area contributed by atoms with Crippen LogP contribution in [0.25, 0.3) is 0 Å². The maximum absolute atomic E-state index is 10.7. The van der Waals surface area contributed by atoms with Crippen LogP contribution in [0.15, 0.2) is 12.1 Å². The Labute approximate surface area is 121 Å². The van der Waals surface area contributed by atoms with E-state index in [0.717, 1.165) is 24.8 Å². The van der Waals surface area contributed by atoms with Gasteiger partial charge in [0, 0.05) is 0 Å². The lowest BCUT2D eigenvalue weighted by Crippen LogP contribution is -2.34. The van der Waals surface area contributed by atoms with Gasteiger partial charge < -0.3 is 14.6 Å². The molecule has 2 rings (SSSR count). The van der Waals surface area contributed by atoms with E-state index >= 15 is 0 Å². The topological polar surface area (TPSA) is 38.7 Å². The third kappa shape index (κ3) is 3.22. The van der Waals surface area contributed by atoms with E-state index < -0.39 is 6.10 Å². The molecule has 1 aliphatic heterocycles. The number of aliphatic hydroxyl groups is 1. The molecule has 20 heavy (non-hydrogen) atoms. The Balaban J connectivity index is 2.36. The normalized spacial score (nSPS) is 20.9. The molecule has 0 amide bonds. The fourth-order valence-corrected chi connectivity index (χ4v) is 2.89. The Hall–Kier alpha value is -0.900. The van der Waals surface area contributed by atoms with Crippen LogP contribution in [0.5, 0.6) is 0 Å². The molecule has 112 valence electrons. The van der Waals surface area contributed by atoms with Crippen LogP contribution < -0.4 is 0 Å². The van der Waals surface area contributed by atoms with Crippen molar-refractivity contribution < 1.29 is 14.6 Å². The molecule has 2 unspecified atom stereocenters. The van der Waals surface area contributed by atoms with Gasteiger partial charge in [0.25, 0.3) is 0 Å². The predicted octanol–water partition coefficient (Wildman–Crippen LogP) is 2.82. The summed E-state index contributed by atoms with van der Waals surface area (Å²) in [5.41, 5.74) is 4.88. The number of rotatable bonds is 5. The van der Waals surface area contributed by atoms with Crippen LogP contribution in [0.1, 0.15) is 49.1 Å². The van der Waals surface area contributed by atoms with E-state index in [1.165, 1.54) is 16.7 Å². The summed E-state index contributed by atoms with van der Waals surface area (Å²) in [6.07, 6.45) is 2.05. The number of aliphatic hydroxyl groups excluding tert-OH is 1. The van der Waals surface area contributed by atoms with Gasteiger partial charge in [-0.15, -0.1) is 0 Å². The van der Waals surface area contributed by atoms with Gasteiger partial charge >= 0.3 is 0 Å². The summed E-state index contributed by atoms with van der Waals surface area (Å²) >= 11 is 0. The van der Waals surface area contributed by atoms with Crippen LogP contribution in [0.4, 0.5) is 0 Å². The van der Waals surface area contributed by atoms with Crippen LogP contribution in [0.3, 0.4) is 0 Å². The molecular formula is C17H26O3. The van der Waals surface area contributed by atoms with Crippen molar-refractivity contribution in [1.29, 1.82) is 0 Å². The first-order valence-corrected chi connectivity index (χ1v) is 7.73. The number of ether oxygens (including phenoxy) is 2. The molecule has 0 bridgehead atoms. The smallest absolute Gasteiger partial charge is 0.111 e. The quantitative estimate of drug-likeness (QED) is 0.900. The third-order valence-corrected chi connectivity index (χ3v) is 4.07. The van der Waals surface area contributed by atoms with Gasteiger partial charge in [0.15, 0.2) is 0 Å². The zero-order valence-electron chi connectivity index (χ0n) is 12.8. The molecular weight excluding hydrogens is 252 g/mol. The Bertz CT molecular complexity index is 411. The van der Waals surface area contributed by atoms with Crippen LogP contribution in [-0.4, -0.2) is 31.0 Å². The van der Waals surface area contributed by atoms with E-state index in [-0.39, 0.29) is 6.10 Å². The highest BCUT2D eigenvalue weighted by Gasteiger charge is 2.28. The highest BCUT2D eigenvalue weighted by molar-refractivity contribution is 5.41. The Morgan fingerprint density at radius 2 is 1.75 bits per heavy atom. The zero-order valence-corrected chi connectivity index (χ0v) is 12.8. The Morgan fingerprint density at radius 3 is 2.20 bits per heavy atom. The monoisotopic (exact) mass is 278 g/mol. The molecule has 1 aliphatic rings. The number of hydrogen-bond donors (Lipinski definition) is 1. The summed E-state index contributed by atoms with van der Waals surface area (Å²) in [4.78, 5) is 0. The molecule has 0 aliphatic carbocycles. The summed E-state index contributed by atoms with van der Waals surface area (Å²) in [6, 6.07) is 4.45. The largest absolute Gasteiger partial charge is 0.386 e. The highest BCUT2D eigenvalue weighted by Crippen LogP contribution is 2.30. The van der Waals surface area contributed by atoms with E-state index in [2.05, 4.69) is 32.9 Å². The van der Waals surface area contributed by atoms with Crippen LogP contribution in [0, 0.1) is 0 Å². The summed E-state index contributed by atoms with van der Waals surface area (Å²) in [5.74, 6) is 0. The zero-order chi connectivity index (χ0) is 14.5. The molecule has 0 spiro atoms. The van der Waals surface area contributed by atoms with Crippen molar-refractivity contribution in [1.82, 2.24) is 0 Å². The van der Waals surface area contributed by atoms with Crippen molar-refractivity contribution in [2.45, 2.75) is 52.2 Å². The maximum Gasteiger partial charge on any atom is 0.111 e. The highest BCUT2D eigenvalue weighted by atomic mass is 16.6. The molecule has 1 heterocycles. The molecule has 3 nitrogen and oxygen atoms in total. The van der Waals surface area contributed by atoms with Crippen molar-refractivity contribution in [2.75, 3.05) is 19.8 Å². The van der Waals surface area contributed by atoms with Crippen LogP contribution >= 0.6 is 0 Å². The molecule has 1 aromatic rings. The van der Waals surface area contributed by atoms with Gasteiger partial charge in [-0.2, -0.15) is 0 Å². The second-order valence-corrected chi connectivity index (χ2v) is 5.32. The SMILES string of the molecule is CCc1cc(CC)c(C(O)C2COCCO2)c(CC)c1. The predicted molar refractivity (Wildman–Crippen MR) is 80.1 cm³/mol. The van der Waals surface area contributed by atoms with Gasteiger partial charge in [0.2, 0.25) is 0 Å². The van der Waals surface area contributed by atoms with E-state index in [9.17, 15) is 5.11 Å². The summed E-state index contributed by atoms with van der Waals surface area (Å²) in [6.45, 7) is 8.12. The molecule has 0 aromatic heterocycles. The average molecular weight is 278 g/mol. The lowest BCUT2D eigenvalue weighted by molar-refractivity contribution is -0.133. The van der Waals surface area contributed by atoms with Gasteiger partial charge in [-0.1, -0.05) is 32.9 Å². The van der Waals surface area contributed by atoms with Gasteiger partial charge in [0.05, 0.1) is 19.8 Å². The van der Waals surface area contributed by atoms with Gasteiger partial charge in [-0.25, -0.2) is 0 Å². The summed E-state index contributed by atoms with van der Waals surface area (Å²) in [5, 5.41) is 10.7. The molecule has 1 fully saturated rings. The third-order valence-electron chi connectivity index (χ3n) is 4.07. The summed E-state index contributed by atoms with van der Waals surface area (Å²) < 4.78 is 11.1. The van der Waals surface area contributed by atoms with E-state index in [1.807, 2.05) is 0 Å². The average Bonchev–Trinajstić information content (AvgIpc) is 2.53. The van der Waals surface area contributed by atoms with Crippen molar-refractivity contribution in [3.8, 4) is 0 Å². The maximum atomic E-state index is 10.7. The fourth-order valence-electron chi connectivity index (χ4n) is 2.89. The van der Waals surface area contributed by atoms with Gasteiger partial charge in [0.1, 0.15) is 12.2 Å². The van der Waals surface area contributed by atoms with E-state index in [4.69, 9.17) is 9.47 Å². The molecule has 1 saturated heterocycles. The number of benzene rings is 1. The second kappa shape index (κ2) is 7.21. The lowest BCUT2D eigenvalue weighted by atomic mass is 9.88. The molecule has 0 radical (unpaired) electrons. The van der Waals surface area contributed by atoms with Crippen molar-refractivity contribution >= 4 is 0 Å². The molecule has 1 N–H and O–H groups in total. The lowest BCUT2D eigenvalue weighted by Gasteiger charge is -2.30. The van der Waals surface area contributed by atoms with E-state index in [0.29, 0.717) is 19.8 Å². The van der Waals surface area contributed by atoms with Gasteiger partial charge in [-0.05, 0) is 41.5 Å². The standard InChI is InChI=1S/C17H26O3/c1-4-12-9-13(5-2)16(14(6-3)10-12)17(18)15-11-19-7-8-20-15/h9-10,15,17-18H,4-8,11H2,1-3H3. The molecule has 1 aromatic carbocycles. The minimum Gasteiger partial charge on any atom is -0.386 e. The van der Waals surface area contributed by atoms with Crippen molar-refractivity contribution in [3.63, 3.8) is 0 Å². The number of aryl methyl sites for hydroxylation is 3. The molecule has 3 heteroatoms. The first kappa shape index (κ1) is 15.5. The summed E-state index contributed by atoms with van der Waals surface area (Å²) in [7, 11) is 0. The van der Waals surface area contributed by atoms with Crippen molar-refractivity contribution in [2.24, 2.45) is 0 Å². The molecule has 0 saturated carbocycles. The minimum absolute atomic E-state index is 0.244. The second-order valence-electron chi connectivity index (χ2n) is 5.32. The minimum atomic E-state index is -0.592. The van der Waals surface area contributed by atoms with Crippen LogP contribution in [0.2, 0.25) is 0 Å². The van der Waals surface area contributed by atoms with E-state index in [1.54, 1.807) is 0 Å². The van der Waals surface area contributed by atoms with Gasteiger partial charge in [-0.3, -0.25) is 0 Å². The van der Waals surface area contributed by atoms with Crippen molar-refractivity contribution in [3.05, 3.63) is 34.4 Å². The Kier molecular flexibility index (Phi) is 5.58. The first-order chi connectivity index (χ1) is 9.71.